The molecule has 0 spiro atoms. The van der Waals surface area contributed by atoms with Crippen molar-refractivity contribution < 1.29 is 13.2 Å². The van der Waals surface area contributed by atoms with Gasteiger partial charge in [-0.1, -0.05) is 31.0 Å². The highest BCUT2D eigenvalue weighted by atomic mass is 35.5. The van der Waals surface area contributed by atoms with Crippen LogP contribution in [0.15, 0.2) is 34.8 Å². The Labute approximate surface area is 177 Å². The number of allylic oxidation sites excluding steroid dienone is 1. The first-order valence-electron chi connectivity index (χ1n) is 9.60. The zero-order valence-electron chi connectivity index (χ0n) is 16.8. The molecule has 2 heterocycles. The van der Waals surface area contributed by atoms with E-state index in [0.717, 1.165) is 30.7 Å². The molecular weight excluding hydrogens is 419 g/mol. The van der Waals surface area contributed by atoms with Crippen LogP contribution in [0.5, 0.6) is 0 Å². The lowest BCUT2D eigenvalue weighted by Crippen LogP contribution is -2.39. The fraction of sp³-hybridized carbons (Fsp3) is 0.400. The van der Waals surface area contributed by atoms with Gasteiger partial charge in [0.15, 0.2) is 0 Å². The van der Waals surface area contributed by atoms with Crippen LogP contribution in [0, 0.1) is 6.92 Å². The number of hydrazine groups is 2. The van der Waals surface area contributed by atoms with Gasteiger partial charge in [0.2, 0.25) is 0 Å². The largest absolute Gasteiger partial charge is 0.416 e. The molecule has 0 amide bonds. The Kier molecular flexibility index (Phi) is 6.42. The van der Waals surface area contributed by atoms with Gasteiger partial charge in [-0.15, -0.1) is 5.53 Å². The molecule has 1 aromatic heterocycles. The topological polar surface area (TPSA) is 73.0 Å². The molecule has 10 heteroatoms. The zero-order chi connectivity index (χ0) is 22.1. The number of halogens is 4. The number of benzene rings is 1. The van der Waals surface area contributed by atoms with Crippen LogP contribution >= 0.6 is 11.6 Å². The average Bonchev–Trinajstić information content (AvgIpc) is 3.08. The maximum atomic E-state index is 13.0. The number of nitrogens with zero attached hydrogens (tertiary/aromatic N) is 2. The van der Waals surface area contributed by atoms with Crippen LogP contribution in [0.1, 0.15) is 61.8 Å². The Morgan fingerprint density at radius 2 is 2.00 bits per heavy atom. The second-order valence-corrected chi connectivity index (χ2v) is 7.57. The van der Waals surface area contributed by atoms with E-state index in [2.05, 4.69) is 27.9 Å². The molecule has 30 heavy (non-hydrogen) atoms. The molecule has 1 aliphatic heterocycles. The molecule has 1 aliphatic rings. The number of H-pyrrole nitrogens is 1. The van der Waals surface area contributed by atoms with Crippen molar-refractivity contribution in [2.75, 3.05) is 0 Å². The van der Waals surface area contributed by atoms with Crippen molar-refractivity contribution >= 4 is 17.3 Å². The van der Waals surface area contributed by atoms with Gasteiger partial charge in [-0.2, -0.15) is 13.2 Å². The second-order valence-electron chi connectivity index (χ2n) is 7.16. The molecule has 0 saturated carbocycles. The molecule has 0 bridgehead atoms. The van der Waals surface area contributed by atoms with E-state index in [1.807, 2.05) is 11.9 Å². The highest BCUT2D eigenvalue weighted by Gasteiger charge is 2.33. The molecule has 0 radical (unpaired) electrons. The summed E-state index contributed by atoms with van der Waals surface area (Å²) in [5.74, 6) is 0.485. The van der Waals surface area contributed by atoms with Crippen molar-refractivity contribution in [1.82, 2.24) is 25.9 Å². The van der Waals surface area contributed by atoms with E-state index in [9.17, 15) is 18.0 Å². The second kappa shape index (κ2) is 8.69. The number of aryl methyl sites for hydroxylation is 1. The van der Waals surface area contributed by atoms with Crippen LogP contribution in [-0.2, 0) is 6.18 Å². The summed E-state index contributed by atoms with van der Waals surface area (Å²) in [6.45, 7) is 5.60. The van der Waals surface area contributed by atoms with E-state index in [1.165, 1.54) is 12.1 Å². The van der Waals surface area contributed by atoms with Crippen LogP contribution in [0.3, 0.4) is 0 Å². The van der Waals surface area contributed by atoms with Crippen molar-refractivity contribution in [3.63, 3.8) is 0 Å². The number of aromatic amines is 1. The maximum Gasteiger partial charge on any atom is 0.416 e. The third-order valence-corrected chi connectivity index (χ3v) is 5.26. The van der Waals surface area contributed by atoms with Crippen molar-refractivity contribution in [2.45, 2.75) is 52.3 Å². The molecule has 3 N–H and O–H groups in total. The molecule has 0 saturated heterocycles. The Bertz CT molecular complexity index is 1020. The normalized spacial score (nSPS) is 15.5. The smallest absolute Gasteiger partial charge is 0.311 e. The molecule has 0 unspecified atom stereocenters. The number of unbranched alkanes of at least 4 members (excludes halogenated alkanes) is 1. The summed E-state index contributed by atoms with van der Waals surface area (Å²) in [5, 5.41) is 1.85. The molecule has 1 aromatic carbocycles. The lowest BCUT2D eigenvalue weighted by Gasteiger charge is -2.29. The minimum atomic E-state index is -4.46. The van der Waals surface area contributed by atoms with Crippen molar-refractivity contribution in [3.8, 4) is 0 Å². The van der Waals surface area contributed by atoms with Gasteiger partial charge < -0.3 is 4.98 Å². The SMILES string of the molecule is CCCCC1=C(c2cc(=O)[nH]c(C)n2)NNN1[C@H](C)c1ccc(C(F)(F)F)cc1Cl. The van der Waals surface area contributed by atoms with Crippen LogP contribution < -0.4 is 16.5 Å². The van der Waals surface area contributed by atoms with Gasteiger partial charge in [0.05, 0.1) is 28.7 Å². The first-order chi connectivity index (χ1) is 14.1. The summed E-state index contributed by atoms with van der Waals surface area (Å²) in [5.41, 5.74) is 7.61. The Balaban J connectivity index is 2.00. The number of aromatic nitrogens is 2. The van der Waals surface area contributed by atoms with Crippen LogP contribution in [0.2, 0.25) is 5.02 Å². The molecule has 0 fully saturated rings. The van der Waals surface area contributed by atoms with E-state index >= 15 is 0 Å². The molecule has 162 valence electrons. The maximum absolute atomic E-state index is 13.0. The lowest BCUT2D eigenvalue weighted by atomic mass is 10.0. The van der Waals surface area contributed by atoms with Crippen molar-refractivity contribution in [2.24, 2.45) is 0 Å². The monoisotopic (exact) mass is 441 g/mol. The Hall–Kier alpha value is -2.52. The van der Waals surface area contributed by atoms with Gasteiger partial charge in [0.25, 0.3) is 5.56 Å². The van der Waals surface area contributed by atoms with Gasteiger partial charge in [-0.25, -0.2) is 4.98 Å². The van der Waals surface area contributed by atoms with Gasteiger partial charge in [-0.05, 0) is 44.4 Å². The third-order valence-electron chi connectivity index (χ3n) is 4.93. The number of hydrogen-bond acceptors (Lipinski definition) is 5. The lowest BCUT2D eigenvalue weighted by molar-refractivity contribution is -0.137. The first kappa shape index (κ1) is 22.2. The van der Waals surface area contributed by atoms with Crippen molar-refractivity contribution in [1.29, 1.82) is 0 Å². The van der Waals surface area contributed by atoms with E-state index < -0.39 is 11.7 Å². The summed E-state index contributed by atoms with van der Waals surface area (Å²) in [6, 6.07) is 4.39. The van der Waals surface area contributed by atoms with Crippen LogP contribution in [0.4, 0.5) is 13.2 Å². The molecule has 2 aromatic rings. The minimum absolute atomic E-state index is 0.0348. The fourth-order valence-corrected chi connectivity index (χ4v) is 3.74. The van der Waals surface area contributed by atoms with Crippen LogP contribution in [0.25, 0.3) is 5.70 Å². The van der Waals surface area contributed by atoms with E-state index in [-0.39, 0.29) is 16.6 Å². The molecule has 1 atom stereocenters. The van der Waals surface area contributed by atoms with E-state index in [4.69, 9.17) is 11.6 Å². The number of hydrogen-bond donors (Lipinski definition) is 3. The van der Waals surface area contributed by atoms with Gasteiger partial charge in [0.1, 0.15) is 5.82 Å². The summed E-state index contributed by atoms with van der Waals surface area (Å²) in [7, 11) is 0. The van der Waals surface area contributed by atoms with Crippen LogP contribution in [-0.4, -0.2) is 15.0 Å². The number of rotatable bonds is 6. The molecule has 3 rings (SSSR count). The van der Waals surface area contributed by atoms with Gasteiger partial charge in [0, 0.05) is 11.1 Å². The van der Waals surface area contributed by atoms with Gasteiger partial charge in [-0.3, -0.25) is 15.2 Å². The predicted octanol–water partition coefficient (Wildman–Crippen LogP) is 4.70. The van der Waals surface area contributed by atoms with E-state index in [1.54, 1.807) is 6.92 Å². The predicted molar refractivity (Wildman–Crippen MR) is 109 cm³/mol. The Morgan fingerprint density at radius 3 is 2.60 bits per heavy atom. The average molecular weight is 442 g/mol. The molecule has 6 nitrogen and oxygen atoms in total. The quantitative estimate of drug-likeness (QED) is 0.606. The zero-order valence-corrected chi connectivity index (χ0v) is 17.6. The Morgan fingerprint density at radius 1 is 1.27 bits per heavy atom. The number of nitrogens with one attached hydrogen (secondary N) is 3. The standard InChI is InChI=1S/C20H23ClF3N5O/c1-4-5-6-17-19(16-10-18(30)26-12(3)25-16)27-28-29(17)11(2)14-8-7-13(9-15(14)21)20(22,23)24/h7-11,27-28H,4-6H2,1-3H3,(H,25,26,30)/t11-/m1/s1. The summed E-state index contributed by atoms with van der Waals surface area (Å²) in [6.07, 6.45) is -1.94. The first-order valence-corrected chi connectivity index (χ1v) is 9.98. The highest BCUT2D eigenvalue weighted by molar-refractivity contribution is 6.31. The highest BCUT2D eigenvalue weighted by Crippen LogP contribution is 2.37. The summed E-state index contributed by atoms with van der Waals surface area (Å²) < 4.78 is 38.9. The van der Waals surface area contributed by atoms with Gasteiger partial charge >= 0.3 is 6.18 Å². The fourth-order valence-electron chi connectivity index (χ4n) is 3.40. The third kappa shape index (κ3) is 4.62. The summed E-state index contributed by atoms with van der Waals surface area (Å²) >= 11 is 6.21. The molecule has 0 aliphatic carbocycles. The van der Waals surface area contributed by atoms with Crippen molar-refractivity contribution in [3.05, 3.63) is 68.0 Å². The number of alkyl halides is 3. The minimum Gasteiger partial charge on any atom is -0.311 e. The van der Waals surface area contributed by atoms with E-state index in [0.29, 0.717) is 29.2 Å². The molecular formula is C20H23ClF3N5O. The summed E-state index contributed by atoms with van der Waals surface area (Å²) in [4.78, 5) is 18.9.